The minimum atomic E-state index is -1.35. The van der Waals surface area contributed by atoms with E-state index in [1.54, 1.807) is 0 Å². The highest BCUT2D eigenvalue weighted by molar-refractivity contribution is 5.93. The van der Waals surface area contributed by atoms with Gasteiger partial charge in [-0.25, -0.2) is 9.78 Å². The first-order chi connectivity index (χ1) is 9.49. The highest BCUT2D eigenvalue weighted by Gasteiger charge is 2.25. The number of nitrogens with zero attached hydrogens (tertiary/aromatic N) is 2. The van der Waals surface area contributed by atoms with E-state index < -0.39 is 16.6 Å². The number of carboxylic acids is 1. The molecule has 0 saturated carbocycles. The zero-order chi connectivity index (χ0) is 14.7. The van der Waals surface area contributed by atoms with E-state index in [1.807, 2.05) is 6.92 Å². The molecule has 0 amide bonds. The van der Waals surface area contributed by atoms with Gasteiger partial charge in [0.15, 0.2) is 0 Å². The Labute approximate surface area is 114 Å². The number of nitrogens with one attached hydrogen (secondary N) is 1. The first kappa shape index (κ1) is 14.2. The summed E-state index contributed by atoms with van der Waals surface area (Å²) in [7, 11) is 0. The van der Waals surface area contributed by atoms with Crippen LogP contribution in [0.15, 0.2) is 12.3 Å². The van der Waals surface area contributed by atoms with E-state index in [9.17, 15) is 14.9 Å². The maximum Gasteiger partial charge on any atom is 0.342 e. The van der Waals surface area contributed by atoms with Crippen LogP contribution in [0.25, 0.3) is 0 Å². The summed E-state index contributed by atoms with van der Waals surface area (Å²) < 4.78 is 5.28. The normalized spacial score (nSPS) is 19.6. The summed E-state index contributed by atoms with van der Waals surface area (Å²) in [5.41, 5.74) is -0.887. The Hall–Kier alpha value is -2.22. The third-order valence-electron chi connectivity index (χ3n) is 3.36. The first-order valence-electron chi connectivity index (χ1n) is 6.21. The van der Waals surface area contributed by atoms with Gasteiger partial charge in [-0.1, -0.05) is 0 Å². The van der Waals surface area contributed by atoms with E-state index in [1.165, 1.54) is 6.07 Å². The predicted molar refractivity (Wildman–Crippen MR) is 69.9 cm³/mol. The van der Waals surface area contributed by atoms with Gasteiger partial charge in [-0.3, -0.25) is 10.1 Å². The molecule has 1 aromatic heterocycles. The Bertz CT molecular complexity index is 528. The van der Waals surface area contributed by atoms with Crippen molar-refractivity contribution in [3.05, 3.63) is 27.9 Å². The van der Waals surface area contributed by atoms with E-state index in [4.69, 9.17) is 9.84 Å². The molecule has 1 saturated heterocycles. The summed E-state index contributed by atoms with van der Waals surface area (Å²) in [4.78, 5) is 24.9. The third kappa shape index (κ3) is 3.02. The summed E-state index contributed by atoms with van der Waals surface area (Å²) in [5.74, 6) is -0.716. The molecule has 0 bridgehead atoms. The summed E-state index contributed by atoms with van der Waals surface area (Å²) in [6.45, 7) is 3.31. The minimum Gasteiger partial charge on any atom is -0.477 e. The number of ether oxygens (including phenoxy) is 1. The molecule has 0 radical (unpaired) electrons. The van der Waals surface area contributed by atoms with Gasteiger partial charge in [0.25, 0.3) is 0 Å². The van der Waals surface area contributed by atoms with Crippen LogP contribution in [-0.4, -0.2) is 40.2 Å². The topological polar surface area (TPSA) is 115 Å². The molecule has 2 atom stereocenters. The van der Waals surface area contributed by atoms with Crippen LogP contribution in [0.4, 0.5) is 11.5 Å². The van der Waals surface area contributed by atoms with Gasteiger partial charge in [0, 0.05) is 24.6 Å². The lowest BCUT2D eigenvalue weighted by Gasteiger charge is -2.19. The van der Waals surface area contributed by atoms with E-state index in [0.29, 0.717) is 24.9 Å². The molecule has 8 nitrogen and oxygen atoms in total. The van der Waals surface area contributed by atoms with Crippen molar-refractivity contribution in [2.75, 3.05) is 18.5 Å². The van der Waals surface area contributed by atoms with Gasteiger partial charge >= 0.3 is 11.7 Å². The Morgan fingerprint density at radius 1 is 1.70 bits per heavy atom. The molecular formula is C12H15N3O5. The molecule has 8 heteroatoms. The number of anilines is 1. The number of hydrogen-bond donors (Lipinski definition) is 2. The lowest BCUT2D eigenvalue weighted by molar-refractivity contribution is -0.385. The van der Waals surface area contributed by atoms with Crippen LogP contribution in [-0.2, 0) is 4.74 Å². The molecule has 1 aliphatic heterocycles. The SMILES string of the molecule is CC(Nc1cc(C(=O)O)c([N+](=O)[O-])cn1)C1CCOC1. The van der Waals surface area contributed by atoms with E-state index in [0.717, 1.165) is 12.6 Å². The number of hydrogen-bond acceptors (Lipinski definition) is 6. The lowest BCUT2D eigenvalue weighted by Crippen LogP contribution is -2.26. The van der Waals surface area contributed by atoms with Gasteiger partial charge < -0.3 is 15.2 Å². The molecular weight excluding hydrogens is 266 g/mol. The highest BCUT2D eigenvalue weighted by atomic mass is 16.6. The average molecular weight is 281 g/mol. The second-order valence-corrected chi connectivity index (χ2v) is 4.71. The molecule has 1 aromatic rings. The van der Waals surface area contributed by atoms with Crippen LogP contribution in [0.5, 0.6) is 0 Å². The number of aromatic carboxylic acids is 1. The predicted octanol–water partition coefficient (Wildman–Crippen LogP) is 1.52. The monoisotopic (exact) mass is 281 g/mol. The summed E-state index contributed by atoms with van der Waals surface area (Å²) >= 11 is 0. The van der Waals surface area contributed by atoms with Gasteiger partial charge in [0.05, 0.1) is 11.5 Å². The van der Waals surface area contributed by atoms with E-state index in [2.05, 4.69) is 10.3 Å². The van der Waals surface area contributed by atoms with Crippen LogP contribution >= 0.6 is 0 Å². The molecule has 1 fully saturated rings. The van der Waals surface area contributed by atoms with Crippen LogP contribution in [0.3, 0.4) is 0 Å². The Morgan fingerprint density at radius 3 is 3.00 bits per heavy atom. The second kappa shape index (κ2) is 5.83. The van der Waals surface area contributed by atoms with Crippen molar-refractivity contribution in [2.24, 2.45) is 5.92 Å². The Kier molecular flexibility index (Phi) is 4.14. The zero-order valence-electron chi connectivity index (χ0n) is 10.9. The van der Waals surface area contributed by atoms with Gasteiger partial charge in [-0.05, 0) is 13.3 Å². The van der Waals surface area contributed by atoms with Crippen molar-refractivity contribution in [3.63, 3.8) is 0 Å². The molecule has 2 unspecified atom stereocenters. The molecule has 2 heterocycles. The minimum absolute atomic E-state index is 0.0492. The van der Waals surface area contributed by atoms with Crippen LogP contribution in [0.1, 0.15) is 23.7 Å². The number of aromatic nitrogens is 1. The quantitative estimate of drug-likeness (QED) is 0.621. The smallest absolute Gasteiger partial charge is 0.342 e. The van der Waals surface area contributed by atoms with E-state index in [-0.39, 0.29) is 11.6 Å². The molecule has 0 aliphatic carbocycles. The molecule has 108 valence electrons. The first-order valence-corrected chi connectivity index (χ1v) is 6.21. The van der Waals surface area contributed by atoms with Crippen molar-refractivity contribution in [1.82, 2.24) is 4.98 Å². The number of carboxylic acid groups (broad SMARTS) is 1. The number of carbonyl (C=O) groups is 1. The number of pyridine rings is 1. The zero-order valence-corrected chi connectivity index (χ0v) is 10.9. The number of rotatable bonds is 5. The van der Waals surface area contributed by atoms with Crippen LogP contribution in [0, 0.1) is 16.0 Å². The van der Waals surface area contributed by atoms with Crippen molar-refractivity contribution in [3.8, 4) is 0 Å². The van der Waals surface area contributed by atoms with Crippen LogP contribution in [0.2, 0.25) is 0 Å². The fourth-order valence-corrected chi connectivity index (χ4v) is 2.14. The van der Waals surface area contributed by atoms with Gasteiger partial charge in [-0.15, -0.1) is 0 Å². The maximum atomic E-state index is 11.0. The van der Waals surface area contributed by atoms with Crippen molar-refractivity contribution >= 4 is 17.5 Å². The fourth-order valence-electron chi connectivity index (χ4n) is 2.14. The van der Waals surface area contributed by atoms with Gasteiger partial charge in [0.1, 0.15) is 17.6 Å². The molecule has 2 rings (SSSR count). The standard InChI is InChI=1S/C12H15N3O5/c1-7(8-2-3-20-6-8)14-11-4-9(12(16)17)10(5-13-11)15(18)19/h4-5,7-8H,2-3,6H2,1H3,(H,13,14)(H,16,17). The third-order valence-corrected chi connectivity index (χ3v) is 3.36. The van der Waals surface area contributed by atoms with Crippen molar-refractivity contribution in [2.45, 2.75) is 19.4 Å². The largest absolute Gasteiger partial charge is 0.477 e. The summed E-state index contributed by atoms with van der Waals surface area (Å²) in [6.07, 6.45) is 1.89. The Balaban J connectivity index is 2.18. The van der Waals surface area contributed by atoms with Crippen molar-refractivity contribution in [1.29, 1.82) is 0 Å². The van der Waals surface area contributed by atoms with Gasteiger partial charge in [-0.2, -0.15) is 0 Å². The molecule has 0 spiro atoms. The lowest BCUT2D eigenvalue weighted by atomic mass is 10.0. The molecule has 2 N–H and O–H groups in total. The number of nitro groups is 1. The molecule has 1 aliphatic rings. The van der Waals surface area contributed by atoms with Gasteiger partial charge in [0.2, 0.25) is 0 Å². The second-order valence-electron chi connectivity index (χ2n) is 4.71. The molecule has 20 heavy (non-hydrogen) atoms. The average Bonchev–Trinajstić information content (AvgIpc) is 2.92. The van der Waals surface area contributed by atoms with Crippen LogP contribution < -0.4 is 5.32 Å². The summed E-state index contributed by atoms with van der Waals surface area (Å²) in [6, 6.07) is 1.24. The maximum absolute atomic E-state index is 11.0. The fraction of sp³-hybridized carbons (Fsp3) is 0.500. The highest BCUT2D eigenvalue weighted by Crippen LogP contribution is 2.23. The van der Waals surface area contributed by atoms with Crippen molar-refractivity contribution < 1.29 is 19.6 Å². The van der Waals surface area contributed by atoms with E-state index >= 15 is 0 Å². The molecule has 0 aromatic carbocycles. The summed E-state index contributed by atoms with van der Waals surface area (Å²) in [5, 5.41) is 22.8. The Morgan fingerprint density at radius 2 is 2.45 bits per heavy atom.